The highest BCUT2D eigenvalue weighted by atomic mass is 16.6. The summed E-state index contributed by atoms with van der Waals surface area (Å²) >= 11 is 0. The molecule has 0 atom stereocenters. The van der Waals surface area contributed by atoms with Crippen LogP contribution < -0.4 is 20.1 Å². The first kappa shape index (κ1) is 13.6. The zero-order valence-electron chi connectivity index (χ0n) is 12.2. The Labute approximate surface area is 125 Å². The number of nitrogens with zero attached hydrogens (tertiary/aromatic N) is 1. The van der Waals surface area contributed by atoms with Gasteiger partial charge in [0.25, 0.3) is 0 Å². The van der Waals surface area contributed by atoms with Crippen molar-refractivity contribution in [3.63, 3.8) is 0 Å². The van der Waals surface area contributed by atoms with E-state index in [1.165, 1.54) is 5.56 Å². The lowest BCUT2D eigenvalue weighted by Gasteiger charge is -2.27. The molecule has 0 radical (unpaired) electrons. The Morgan fingerprint density at radius 3 is 2.38 bits per heavy atom. The molecule has 2 aromatic carbocycles. The van der Waals surface area contributed by atoms with Crippen molar-refractivity contribution in [2.75, 3.05) is 30.4 Å². The van der Waals surface area contributed by atoms with Crippen molar-refractivity contribution in [1.29, 1.82) is 0 Å². The minimum atomic E-state index is 0.577. The van der Waals surface area contributed by atoms with Crippen LogP contribution in [0.1, 0.15) is 12.5 Å². The number of nitrogens with two attached hydrogens (primary N) is 1. The lowest BCUT2D eigenvalue weighted by Crippen LogP contribution is -2.24. The number of nitrogen functional groups attached to an aromatic ring is 1. The molecule has 0 aromatic heterocycles. The van der Waals surface area contributed by atoms with Gasteiger partial charge < -0.3 is 20.1 Å². The Morgan fingerprint density at radius 1 is 1.05 bits per heavy atom. The Kier molecular flexibility index (Phi) is 3.86. The summed E-state index contributed by atoms with van der Waals surface area (Å²) in [6.07, 6.45) is 0. The van der Waals surface area contributed by atoms with Crippen molar-refractivity contribution in [2.45, 2.75) is 13.5 Å². The van der Waals surface area contributed by atoms with E-state index in [1.807, 2.05) is 18.2 Å². The first-order chi connectivity index (χ1) is 10.3. The summed E-state index contributed by atoms with van der Waals surface area (Å²) in [5.41, 5.74) is 9.17. The molecule has 4 nitrogen and oxygen atoms in total. The lowest BCUT2D eigenvalue weighted by atomic mass is 10.1. The monoisotopic (exact) mass is 284 g/mol. The summed E-state index contributed by atoms with van der Waals surface area (Å²) in [5.74, 6) is 1.51. The molecule has 1 heterocycles. The van der Waals surface area contributed by atoms with Crippen molar-refractivity contribution in [3.05, 3.63) is 48.0 Å². The maximum atomic E-state index is 6.20. The zero-order chi connectivity index (χ0) is 14.7. The van der Waals surface area contributed by atoms with Gasteiger partial charge in [0.05, 0.1) is 11.4 Å². The highest BCUT2D eigenvalue weighted by molar-refractivity contribution is 5.73. The number of rotatable bonds is 4. The Balaban J connectivity index is 1.90. The van der Waals surface area contributed by atoms with Gasteiger partial charge in [-0.3, -0.25) is 0 Å². The number of ether oxygens (including phenoxy) is 2. The van der Waals surface area contributed by atoms with Crippen LogP contribution in [0.2, 0.25) is 0 Å². The second-order valence-corrected chi connectivity index (χ2v) is 5.05. The first-order valence-electron chi connectivity index (χ1n) is 7.26. The quantitative estimate of drug-likeness (QED) is 0.877. The van der Waals surface area contributed by atoms with Crippen molar-refractivity contribution < 1.29 is 9.47 Å². The van der Waals surface area contributed by atoms with Gasteiger partial charge in [0.15, 0.2) is 11.5 Å². The van der Waals surface area contributed by atoms with Gasteiger partial charge in [0.1, 0.15) is 13.2 Å². The maximum Gasteiger partial charge on any atom is 0.163 e. The van der Waals surface area contributed by atoms with E-state index in [0.29, 0.717) is 13.2 Å². The number of benzene rings is 2. The Hall–Kier alpha value is -2.36. The third-order valence-electron chi connectivity index (χ3n) is 3.63. The van der Waals surface area contributed by atoms with E-state index in [9.17, 15) is 0 Å². The lowest BCUT2D eigenvalue weighted by molar-refractivity contribution is 0.172. The summed E-state index contributed by atoms with van der Waals surface area (Å²) in [6.45, 7) is 4.98. The SMILES string of the molecule is CCN(Cc1ccccc1)c1cc2c(cc1N)OCCO2. The van der Waals surface area contributed by atoms with Crippen LogP contribution in [0, 0.1) is 0 Å². The smallest absolute Gasteiger partial charge is 0.163 e. The fourth-order valence-electron chi connectivity index (χ4n) is 2.54. The molecule has 0 aliphatic carbocycles. The van der Waals surface area contributed by atoms with Crippen LogP contribution in [0.15, 0.2) is 42.5 Å². The molecule has 0 spiro atoms. The average Bonchev–Trinajstić information content (AvgIpc) is 2.53. The van der Waals surface area contributed by atoms with Gasteiger partial charge >= 0.3 is 0 Å². The van der Waals surface area contributed by atoms with E-state index >= 15 is 0 Å². The second kappa shape index (κ2) is 5.95. The minimum Gasteiger partial charge on any atom is -0.486 e. The van der Waals surface area contributed by atoms with Gasteiger partial charge in [0, 0.05) is 25.2 Å². The summed E-state index contributed by atoms with van der Waals surface area (Å²) in [5, 5.41) is 0. The van der Waals surface area contributed by atoms with Gasteiger partial charge in [-0.15, -0.1) is 0 Å². The Morgan fingerprint density at radius 2 is 1.71 bits per heavy atom. The largest absolute Gasteiger partial charge is 0.486 e. The van der Waals surface area contributed by atoms with Gasteiger partial charge in [-0.25, -0.2) is 0 Å². The van der Waals surface area contributed by atoms with E-state index < -0.39 is 0 Å². The number of hydrogen-bond acceptors (Lipinski definition) is 4. The van der Waals surface area contributed by atoms with Gasteiger partial charge in [0.2, 0.25) is 0 Å². The predicted octanol–water partition coefficient (Wildman–Crippen LogP) is 3.07. The van der Waals surface area contributed by atoms with Crippen LogP contribution in [0.3, 0.4) is 0 Å². The van der Waals surface area contributed by atoms with Crippen molar-refractivity contribution in [3.8, 4) is 11.5 Å². The number of fused-ring (bicyclic) bond motifs is 1. The van der Waals surface area contributed by atoms with E-state index in [0.717, 1.165) is 36.0 Å². The van der Waals surface area contributed by atoms with Crippen LogP contribution in [0.25, 0.3) is 0 Å². The topological polar surface area (TPSA) is 47.7 Å². The standard InChI is InChI=1S/C17H20N2O2/c1-2-19(12-13-6-4-3-5-7-13)15-11-17-16(10-14(15)18)20-8-9-21-17/h3-7,10-11H,2,8-9,12,18H2,1H3. The summed E-state index contributed by atoms with van der Waals surface area (Å²) in [6, 6.07) is 14.2. The fraction of sp³-hybridized carbons (Fsp3) is 0.294. The van der Waals surface area contributed by atoms with E-state index in [2.05, 4.69) is 36.1 Å². The second-order valence-electron chi connectivity index (χ2n) is 5.05. The molecule has 1 aliphatic heterocycles. The molecule has 1 aliphatic rings. The van der Waals surface area contributed by atoms with Gasteiger partial charge in [-0.1, -0.05) is 30.3 Å². The van der Waals surface area contributed by atoms with E-state index in [-0.39, 0.29) is 0 Å². The first-order valence-corrected chi connectivity index (χ1v) is 7.26. The van der Waals surface area contributed by atoms with Gasteiger partial charge in [-0.2, -0.15) is 0 Å². The molecule has 110 valence electrons. The highest BCUT2D eigenvalue weighted by Crippen LogP contribution is 2.38. The van der Waals surface area contributed by atoms with E-state index in [1.54, 1.807) is 0 Å². The molecule has 0 saturated heterocycles. The molecule has 0 amide bonds. The molecule has 0 bridgehead atoms. The molecule has 21 heavy (non-hydrogen) atoms. The van der Waals surface area contributed by atoms with Crippen LogP contribution >= 0.6 is 0 Å². The molecule has 3 rings (SSSR count). The fourth-order valence-corrected chi connectivity index (χ4v) is 2.54. The molecule has 2 N–H and O–H groups in total. The van der Waals surface area contributed by atoms with Crippen LogP contribution in [0.5, 0.6) is 11.5 Å². The normalized spacial score (nSPS) is 13.0. The highest BCUT2D eigenvalue weighted by Gasteiger charge is 2.17. The predicted molar refractivity (Wildman–Crippen MR) is 85.0 cm³/mol. The van der Waals surface area contributed by atoms with Gasteiger partial charge in [-0.05, 0) is 12.5 Å². The van der Waals surface area contributed by atoms with E-state index in [4.69, 9.17) is 15.2 Å². The minimum absolute atomic E-state index is 0.577. The van der Waals surface area contributed by atoms with Crippen LogP contribution in [-0.2, 0) is 6.54 Å². The van der Waals surface area contributed by atoms with Crippen molar-refractivity contribution in [1.82, 2.24) is 0 Å². The number of anilines is 2. The maximum absolute atomic E-state index is 6.20. The van der Waals surface area contributed by atoms with Crippen LogP contribution in [-0.4, -0.2) is 19.8 Å². The molecular formula is C17H20N2O2. The summed E-state index contributed by atoms with van der Waals surface area (Å²) in [7, 11) is 0. The molecule has 2 aromatic rings. The third kappa shape index (κ3) is 2.89. The molecule has 4 heteroatoms. The molecule has 0 fully saturated rings. The molecule has 0 unspecified atom stereocenters. The zero-order valence-corrected chi connectivity index (χ0v) is 12.2. The number of hydrogen-bond donors (Lipinski definition) is 1. The van der Waals surface area contributed by atoms with Crippen LogP contribution in [0.4, 0.5) is 11.4 Å². The van der Waals surface area contributed by atoms with Crippen molar-refractivity contribution in [2.24, 2.45) is 0 Å². The Bertz CT molecular complexity index is 614. The van der Waals surface area contributed by atoms with Crippen molar-refractivity contribution >= 4 is 11.4 Å². The summed E-state index contributed by atoms with van der Waals surface area (Å²) < 4.78 is 11.2. The molecular weight excluding hydrogens is 264 g/mol. The molecule has 0 saturated carbocycles. The third-order valence-corrected chi connectivity index (χ3v) is 3.63. The average molecular weight is 284 g/mol. The summed E-state index contributed by atoms with van der Waals surface area (Å²) in [4.78, 5) is 2.24.